The highest BCUT2D eigenvalue weighted by Gasteiger charge is 2.22. The summed E-state index contributed by atoms with van der Waals surface area (Å²) in [5.74, 6) is 0.128. The van der Waals surface area contributed by atoms with Crippen LogP contribution in [0, 0.1) is 5.82 Å². The average molecular weight is 316 g/mol. The second kappa shape index (κ2) is 4.85. The minimum Gasteiger partial charge on any atom is -0.492 e. The molecule has 0 unspecified atom stereocenters. The third-order valence-corrected chi connectivity index (χ3v) is 3.11. The zero-order chi connectivity index (χ0) is 13.3. The van der Waals surface area contributed by atoms with Gasteiger partial charge in [0.05, 0.1) is 20.4 Å². The summed E-state index contributed by atoms with van der Waals surface area (Å²) in [7, 11) is 2.81. The van der Waals surface area contributed by atoms with Gasteiger partial charge < -0.3 is 15.2 Å². The molecule has 18 heavy (non-hydrogen) atoms. The smallest absolute Gasteiger partial charge is 0.197 e. The summed E-state index contributed by atoms with van der Waals surface area (Å²) in [5.41, 5.74) is 6.96. The number of benzene rings is 1. The van der Waals surface area contributed by atoms with E-state index in [-0.39, 0.29) is 11.5 Å². The Labute approximate surface area is 111 Å². The molecule has 1 aromatic heterocycles. The summed E-state index contributed by atoms with van der Waals surface area (Å²) < 4.78 is 24.5. The number of hydrogen-bond acceptors (Lipinski definition) is 4. The van der Waals surface area contributed by atoms with Crippen molar-refractivity contribution in [3.63, 3.8) is 0 Å². The number of nitrogens with zero attached hydrogens (tertiary/aromatic N) is 1. The molecule has 7 heteroatoms. The number of methoxy groups -OCH3 is 2. The van der Waals surface area contributed by atoms with Gasteiger partial charge in [-0.05, 0) is 22.0 Å². The summed E-state index contributed by atoms with van der Waals surface area (Å²) in [6.45, 7) is 0. The van der Waals surface area contributed by atoms with E-state index in [1.807, 2.05) is 0 Å². The Hall–Kier alpha value is -1.76. The van der Waals surface area contributed by atoms with E-state index in [1.54, 1.807) is 0 Å². The number of rotatable bonds is 3. The van der Waals surface area contributed by atoms with Gasteiger partial charge in [-0.3, -0.25) is 5.10 Å². The Morgan fingerprint density at radius 2 is 2.00 bits per heavy atom. The van der Waals surface area contributed by atoms with Crippen molar-refractivity contribution in [2.24, 2.45) is 0 Å². The van der Waals surface area contributed by atoms with Gasteiger partial charge in [-0.25, -0.2) is 4.39 Å². The van der Waals surface area contributed by atoms with Crippen LogP contribution in [0.15, 0.2) is 16.7 Å². The molecule has 0 amide bonds. The van der Waals surface area contributed by atoms with Crippen LogP contribution in [0.3, 0.4) is 0 Å². The lowest BCUT2D eigenvalue weighted by Crippen LogP contribution is -1.98. The van der Waals surface area contributed by atoms with Gasteiger partial charge >= 0.3 is 0 Å². The highest BCUT2D eigenvalue weighted by Crippen LogP contribution is 2.45. The van der Waals surface area contributed by atoms with E-state index in [0.717, 1.165) is 0 Å². The van der Waals surface area contributed by atoms with Crippen LogP contribution in [0.5, 0.6) is 11.5 Å². The van der Waals surface area contributed by atoms with Gasteiger partial charge in [0.2, 0.25) is 0 Å². The fourth-order valence-corrected chi connectivity index (χ4v) is 2.31. The van der Waals surface area contributed by atoms with Crippen LogP contribution in [0.4, 0.5) is 10.2 Å². The van der Waals surface area contributed by atoms with E-state index in [2.05, 4.69) is 26.1 Å². The number of nitrogens with one attached hydrogen (secondary N) is 1. The van der Waals surface area contributed by atoms with Gasteiger partial charge in [0.25, 0.3) is 0 Å². The van der Waals surface area contributed by atoms with Crippen molar-refractivity contribution in [3.8, 4) is 22.6 Å². The lowest BCUT2D eigenvalue weighted by Gasteiger charge is -2.14. The van der Waals surface area contributed by atoms with Crippen molar-refractivity contribution in [3.05, 3.63) is 22.6 Å². The molecule has 0 bridgehead atoms. The maximum Gasteiger partial charge on any atom is 0.197 e. The fraction of sp³-hybridized carbons (Fsp3) is 0.182. The second-order valence-corrected chi connectivity index (χ2v) is 4.33. The van der Waals surface area contributed by atoms with Crippen LogP contribution in [-0.4, -0.2) is 24.4 Å². The van der Waals surface area contributed by atoms with Crippen molar-refractivity contribution >= 4 is 21.7 Å². The highest BCUT2D eigenvalue weighted by molar-refractivity contribution is 9.10. The monoisotopic (exact) mass is 315 g/mol. The largest absolute Gasteiger partial charge is 0.492 e. The Morgan fingerprint density at radius 3 is 2.50 bits per heavy atom. The first kappa shape index (κ1) is 12.7. The van der Waals surface area contributed by atoms with Crippen molar-refractivity contribution in [1.82, 2.24) is 10.2 Å². The zero-order valence-electron chi connectivity index (χ0n) is 9.75. The van der Waals surface area contributed by atoms with Gasteiger partial charge in [-0.2, -0.15) is 5.10 Å². The van der Waals surface area contributed by atoms with Crippen LogP contribution in [0.2, 0.25) is 0 Å². The van der Waals surface area contributed by atoms with E-state index in [0.29, 0.717) is 21.4 Å². The SMILES string of the molecule is COc1c(F)cc(Br)c(-c2cn[nH]c2N)c1OC. The number of nitrogen functional groups attached to an aromatic ring is 1. The molecule has 1 aromatic carbocycles. The third kappa shape index (κ3) is 1.90. The van der Waals surface area contributed by atoms with Gasteiger partial charge in [0, 0.05) is 15.6 Å². The van der Waals surface area contributed by atoms with Crippen molar-refractivity contribution in [2.45, 2.75) is 0 Å². The number of hydrogen-bond donors (Lipinski definition) is 2. The lowest BCUT2D eigenvalue weighted by atomic mass is 10.1. The summed E-state index contributed by atoms with van der Waals surface area (Å²) in [5, 5.41) is 6.45. The van der Waals surface area contributed by atoms with Crippen molar-refractivity contribution < 1.29 is 13.9 Å². The number of H-pyrrole nitrogens is 1. The van der Waals surface area contributed by atoms with Crippen molar-refractivity contribution in [1.29, 1.82) is 0 Å². The summed E-state index contributed by atoms with van der Waals surface area (Å²) in [6.07, 6.45) is 1.54. The molecule has 0 atom stereocenters. The van der Waals surface area contributed by atoms with Gasteiger partial charge in [-0.15, -0.1) is 0 Å². The van der Waals surface area contributed by atoms with Crippen LogP contribution in [-0.2, 0) is 0 Å². The molecule has 2 aromatic rings. The molecule has 3 N–H and O–H groups in total. The molecule has 96 valence electrons. The lowest BCUT2D eigenvalue weighted by molar-refractivity contribution is 0.338. The van der Waals surface area contributed by atoms with E-state index < -0.39 is 5.82 Å². The average Bonchev–Trinajstić information content (AvgIpc) is 2.74. The number of halogens is 2. The number of nitrogens with two attached hydrogens (primary N) is 1. The molecule has 0 aliphatic heterocycles. The molecule has 0 radical (unpaired) electrons. The van der Waals surface area contributed by atoms with E-state index >= 15 is 0 Å². The molecular formula is C11H11BrFN3O2. The number of ether oxygens (including phenoxy) is 2. The maximum absolute atomic E-state index is 13.7. The Kier molecular flexibility index (Phi) is 3.42. The van der Waals surface area contributed by atoms with Gasteiger partial charge in [0.1, 0.15) is 5.82 Å². The number of aromatic nitrogens is 2. The molecular weight excluding hydrogens is 305 g/mol. The highest BCUT2D eigenvalue weighted by atomic mass is 79.9. The Morgan fingerprint density at radius 1 is 1.33 bits per heavy atom. The topological polar surface area (TPSA) is 73.2 Å². The first-order chi connectivity index (χ1) is 8.60. The van der Waals surface area contributed by atoms with E-state index in [1.165, 1.54) is 26.5 Å². The van der Waals surface area contributed by atoms with Crippen LogP contribution in [0.25, 0.3) is 11.1 Å². The standard InChI is InChI=1S/C11H11BrFN3O2/c1-17-9-7(13)3-6(12)8(10(9)18-2)5-4-15-16-11(5)14/h3-4H,1-2H3,(H3,14,15,16). The molecule has 0 spiro atoms. The van der Waals surface area contributed by atoms with E-state index in [4.69, 9.17) is 15.2 Å². The predicted molar refractivity (Wildman–Crippen MR) is 69.2 cm³/mol. The summed E-state index contributed by atoms with van der Waals surface area (Å²) in [6, 6.07) is 1.29. The quantitative estimate of drug-likeness (QED) is 0.913. The number of anilines is 1. The molecule has 0 saturated carbocycles. The zero-order valence-corrected chi connectivity index (χ0v) is 11.3. The molecule has 1 heterocycles. The van der Waals surface area contributed by atoms with E-state index in [9.17, 15) is 4.39 Å². The van der Waals surface area contributed by atoms with Crippen LogP contribution < -0.4 is 15.2 Å². The Bertz CT molecular complexity index is 586. The molecule has 5 nitrogen and oxygen atoms in total. The Balaban J connectivity index is 2.78. The predicted octanol–water partition coefficient (Wildman–Crippen LogP) is 2.58. The summed E-state index contributed by atoms with van der Waals surface area (Å²) in [4.78, 5) is 0. The van der Waals surface area contributed by atoms with Crippen molar-refractivity contribution in [2.75, 3.05) is 20.0 Å². The first-order valence-electron chi connectivity index (χ1n) is 4.99. The molecule has 0 fully saturated rings. The second-order valence-electron chi connectivity index (χ2n) is 3.48. The van der Waals surface area contributed by atoms with Gasteiger partial charge in [-0.1, -0.05) is 0 Å². The molecule has 2 rings (SSSR count). The van der Waals surface area contributed by atoms with Crippen LogP contribution in [0.1, 0.15) is 0 Å². The molecule has 0 saturated heterocycles. The third-order valence-electron chi connectivity index (χ3n) is 2.49. The maximum atomic E-state index is 13.7. The first-order valence-corrected chi connectivity index (χ1v) is 5.78. The number of aromatic amines is 1. The minimum atomic E-state index is -0.521. The fourth-order valence-electron chi connectivity index (χ4n) is 1.71. The molecule has 0 aliphatic rings. The molecule has 0 aliphatic carbocycles. The van der Waals surface area contributed by atoms with Crippen LogP contribution >= 0.6 is 15.9 Å². The van der Waals surface area contributed by atoms with Gasteiger partial charge in [0.15, 0.2) is 17.3 Å². The minimum absolute atomic E-state index is 0.0244. The summed E-state index contributed by atoms with van der Waals surface area (Å²) >= 11 is 3.28. The normalized spacial score (nSPS) is 10.4.